The van der Waals surface area contributed by atoms with Gasteiger partial charge in [-0.1, -0.05) is 12.1 Å². The summed E-state index contributed by atoms with van der Waals surface area (Å²) in [6.07, 6.45) is 0. The number of hydrogen-bond acceptors (Lipinski definition) is 5. The minimum Gasteiger partial charge on any atom is -0.366 e. The van der Waals surface area contributed by atoms with Crippen molar-refractivity contribution < 1.29 is 21.6 Å². The fourth-order valence-corrected chi connectivity index (χ4v) is 3.49. The van der Waals surface area contributed by atoms with Gasteiger partial charge in [0.1, 0.15) is 0 Å². The van der Waals surface area contributed by atoms with E-state index in [4.69, 9.17) is 10.9 Å². The molecule has 0 atom stereocenters. The van der Waals surface area contributed by atoms with E-state index in [0.29, 0.717) is 5.56 Å². The Morgan fingerprint density at radius 3 is 2.12 bits per heavy atom. The van der Waals surface area contributed by atoms with Gasteiger partial charge in [0, 0.05) is 12.1 Å². The van der Waals surface area contributed by atoms with Crippen LogP contribution in [-0.4, -0.2) is 22.7 Å². The molecule has 128 valence electrons. The lowest BCUT2D eigenvalue weighted by molar-refractivity contribution is 0.1000. The summed E-state index contributed by atoms with van der Waals surface area (Å²) in [5, 5.41) is 5.03. The van der Waals surface area contributed by atoms with Crippen molar-refractivity contribution >= 4 is 26.0 Å². The molecule has 10 heteroatoms. The molecule has 0 unspecified atom stereocenters. The van der Waals surface area contributed by atoms with Gasteiger partial charge in [-0.05, 0) is 42.0 Å². The number of nitrogens with one attached hydrogen (secondary N) is 1. The molecular weight excluding hydrogens is 354 g/mol. The van der Waals surface area contributed by atoms with Crippen LogP contribution in [0.25, 0.3) is 0 Å². The van der Waals surface area contributed by atoms with Crippen LogP contribution in [0.15, 0.2) is 58.3 Å². The van der Waals surface area contributed by atoms with Crippen LogP contribution < -0.4 is 15.6 Å². The maximum absolute atomic E-state index is 12.2. The third-order valence-electron chi connectivity index (χ3n) is 3.14. The van der Waals surface area contributed by atoms with Crippen molar-refractivity contribution in [2.24, 2.45) is 10.9 Å². The summed E-state index contributed by atoms with van der Waals surface area (Å²) in [5.74, 6) is -0.660. The highest BCUT2D eigenvalue weighted by Gasteiger charge is 2.15. The largest absolute Gasteiger partial charge is 0.366 e. The predicted octanol–water partition coefficient (Wildman–Crippen LogP) is -0.0886. The first-order valence-corrected chi connectivity index (χ1v) is 9.64. The van der Waals surface area contributed by atoms with E-state index >= 15 is 0 Å². The van der Waals surface area contributed by atoms with Crippen LogP contribution in [0.2, 0.25) is 0 Å². The van der Waals surface area contributed by atoms with E-state index in [9.17, 15) is 21.6 Å². The lowest BCUT2D eigenvalue weighted by Gasteiger charge is -2.08. The Morgan fingerprint density at radius 1 is 0.958 bits per heavy atom. The van der Waals surface area contributed by atoms with Crippen molar-refractivity contribution in [3.05, 3.63) is 59.7 Å². The Kier molecular flexibility index (Phi) is 5.04. The molecule has 5 N–H and O–H groups in total. The molecule has 0 aliphatic rings. The van der Waals surface area contributed by atoms with E-state index in [2.05, 4.69) is 4.72 Å². The second-order valence-corrected chi connectivity index (χ2v) is 8.23. The summed E-state index contributed by atoms with van der Waals surface area (Å²) in [5.41, 5.74) is 5.71. The molecule has 0 heterocycles. The van der Waals surface area contributed by atoms with Gasteiger partial charge in [0.2, 0.25) is 26.0 Å². The number of primary amides is 1. The van der Waals surface area contributed by atoms with Crippen molar-refractivity contribution in [1.82, 2.24) is 4.72 Å². The highest BCUT2D eigenvalue weighted by Crippen LogP contribution is 2.13. The Morgan fingerprint density at radius 2 is 1.58 bits per heavy atom. The summed E-state index contributed by atoms with van der Waals surface area (Å²) in [6, 6.07) is 10.7. The van der Waals surface area contributed by atoms with Gasteiger partial charge in [0.05, 0.1) is 9.79 Å². The van der Waals surface area contributed by atoms with Gasteiger partial charge in [0.25, 0.3) is 0 Å². The first kappa shape index (κ1) is 18.1. The number of primary sulfonamides is 1. The van der Waals surface area contributed by atoms with Gasteiger partial charge in [-0.25, -0.2) is 26.7 Å². The predicted molar refractivity (Wildman–Crippen MR) is 86.8 cm³/mol. The van der Waals surface area contributed by atoms with Gasteiger partial charge in [0.15, 0.2) is 0 Å². The number of amides is 1. The lowest BCUT2D eigenvalue weighted by Crippen LogP contribution is -2.23. The summed E-state index contributed by atoms with van der Waals surface area (Å²) in [4.78, 5) is 10.8. The number of carbonyl (C=O) groups is 1. The van der Waals surface area contributed by atoms with Crippen LogP contribution in [0.3, 0.4) is 0 Å². The molecule has 2 rings (SSSR count). The molecule has 0 radical (unpaired) electrons. The topological polar surface area (TPSA) is 149 Å². The van der Waals surface area contributed by atoms with Crippen LogP contribution in [-0.2, 0) is 26.6 Å². The van der Waals surface area contributed by atoms with Gasteiger partial charge < -0.3 is 5.73 Å². The van der Waals surface area contributed by atoms with Crippen molar-refractivity contribution in [2.75, 3.05) is 0 Å². The fourth-order valence-electron chi connectivity index (χ4n) is 1.89. The average Bonchev–Trinajstić information content (AvgIpc) is 2.52. The first-order valence-electron chi connectivity index (χ1n) is 6.61. The van der Waals surface area contributed by atoms with Crippen LogP contribution in [0.4, 0.5) is 0 Å². The smallest absolute Gasteiger partial charge is 0.248 e. The molecule has 2 aromatic rings. The fraction of sp³-hybridized carbons (Fsp3) is 0.0714. The Balaban J connectivity index is 2.17. The number of sulfonamides is 2. The van der Waals surface area contributed by atoms with E-state index in [-0.39, 0.29) is 21.9 Å². The van der Waals surface area contributed by atoms with Crippen molar-refractivity contribution in [3.63, 3.8) is 0 Å². The van der Waals surface area contributed by atoms with Crippen molar-refractivity contribution in [3.8, 4) is 0 Å². The van der Waals surface area contributed by atoms with Gasteiger partial charge in [-0.2, -0.15) is 0 Å². The second kappa shape index (κ2) is 6.69. The average molecular weight is 369 g/mol. The molecule has 0 spiro atoms. The van der Waals surface area contributed by atoms with Crippen LogP contribution >= 0.6 is 0 Å². The molecule has 0 fully saturated rings. The highest BCUT2D eigenvalue weighted by atomic mass is 32.2. The molecule has 0 bridgehead atoms. The first-order chi connectivity index (χ1) is 11.1. The summed E-state index contributed by atoms with van der Waals surface area (Å²) in [6.45, 7) is -0.122. The van der Waals surface area contributed by atoms with E-state index < -0.39 is 26.0 Å². The molecule has 0 saturated carbocycles. The minimum atomic E-state index is -3.87. The zero-order valence-electron chi connectivity index (χ0n) is 12.3. The molecule has 1 amide bonds. The molecular formula is C14H15N3O5S2. The Labute approximate surface area is 139 Å². The highest BCUT2D eigenvalue weighted by molar-refractivity contribution is 7.89. The van der Waals surface area contributed by atoms with E-state index in [1.165, 1.54) is 42.5 Å². The number of carbonyl (C=O) groups excluding carboxylic acids is 1. The Hall–Kier alpha value is -2.27. The number of nitrogens with two attached hydrogens (primary N) is 2. The normalized spacial score (nSPS) is 12.0. The standard InChI is InChI=1S/C14H15N3O5S2/c15-14(18)11-4-6-12(7-5-11)24(21,22)17-9-10-2-1-3-13(8-10)23(16,19)20/h1-8,17H,9H2,(H2,15,18)(H2,16,19,20). The monoisotopic (exact) mass is 369 g/mol. The SMILES string of the molecule is NC(=O)c1ccc(S(=O)(=O)NCc2cccc(S(N)(=O)=O)c2)cc1. The Bertz CT molecular complexity index is 968. The summed E-state index contributed by atoms with van der Waals surface area (Å²) < 4.78 is 49.3. The van der Waals surface area contributed by atoms with Crippen LogP contribution in [0.5, 0.6) is 0 Å². The molecule has 24 heavy (non-hydrogen) atoms. The lowest BCUT2D eigenvalue weighted by atomic mass is 10.2. The zero-order valence-corrected chi connectivity index (χ0v) is 14.0. The summed E-state index contributed by atoms with van der Waals surface area (Å²) >= 11 is 0. The van der Waals surface area contributed by atoms with Crippen LogP contribution in [0, 0.1) is 0 Å². The second-order valence-electron chi connectivity index (χ2n) is 4.91. The van der Waals surface area contributed by atoms with Crippen molar-refractivity contribution in [1.29, 1.82) is 0 Å². The third-order valence-corrected chi connectivity index (χ3v) is 5.47. The number of benzene rings is 2. The van der Waals surface area contributed by atoms with E-state index in [1.54, 1.807) is 6.07 Å². The molecule has 0 aliphatic heterocycles. The van der Waals surface area contributed by atoms with Gasteiger partial charge in [-0.3, -0.25) is 4.79 Å². The van der Waals surface area contributed by atoms with E-state index in [1.807, 2.05) is 0 Å². The minimum absolute atomic E-state index is 0.0462. The molecule has 2 aromatic carbocycles. The van der Waals surface area contributed by atoms with Crippen LogP contribution in [0.1, 0.15) is 15.9 Å². The van der Waals surface area contributed by atoms with Crippen molar-refractivity contribution in [2.45, 2.75) is 16.3 Å². The summed E-state index contributed by atoms with van der Waals surface area (Å²) in [7, 11) is -7.70. The van der Waals surface area contributed by atoms with Gasteiger partial charge >= 0.3 is 0 Å². The molecule has 0 saturated heterocycles. The molecule has 8 nitrogen and oxygen atoms in total. The maximum Gasteiger partial charge on any atom is 0.248 e. The van der Waals surface area contributed by atoms with E-state index in [0.717, 1.165) is 0 Å². The number of hydrogen-bond donors (Lipinski definition) is 3. The van der Waals surface area contributed by atoms with Gasteiger partial charge in [-0.15, -0.1) is 0 Å². The molecule has 0 aliphatic carbocycles. The maximum atomic E-state index is 12.2. The molecule has 0 aromatic heterocycles. The zero-order chi connectivity index (χ0) is 18.0. The quantitative estimate of drug-likeness (QED) is 0.650. The third kappa shape index (κ3) is 4.38. The number of rotatable bonds is 6.